The molecule has 0 spiro atoms. The monoisotopic (exact) mass is 556 g/mol. The number of likely N-dealkylation sites (tertiary alicyclic amines) is 1. The van der Waals surface area contributed by atoms with Crippen molar-refractivity contribution in [3.63, 3.8) is 0 Å². The van der Waals surface area contributed by atoms with Crippen molar-refractivity contribution in [3.8, 4) is 11.3 Å². The number of aromatic nitrogens is 2. The van der Waals surface area contributed by atoms with Crippen molar-refractivity contribution >= 4 is 11.9 Å². The number of hydrogen-bond acceptors (Lipinski definition) is 4. The van der Waals surface area contributed by atoms with Gasteiger partial charge in [-0.05, 0) is 51.3 Å². The van der Waals surface area contributed by atoms with E-state index >= 15 is 0 Å². The van der Waals surface area contributed by atoms with E-state index < -0.39 is 54.6 Å². The SMILES string of the molecule is C[C@H](C[C@@H](CC(=O)O)NC(=O)c1cc(-c2ccccc2C(F)(F)F)n(C2CCCC2)n1)N1CCCC(F)(F)C1. The fourth-order valence-electron chi connectivity index (χ4n) is 5.68. The molecule has 2 aromatic rings. The smallest absolute Gasteiger partial charge is 0.417 e. The van der Waals surface area contributed by atoms with Gasteiger partial charge in [0.2, 0.25) is 0 Å². The molecule has 4 rings (SSSR count). The van der Waals surface area contributed by atoms with Crippen molar-refractivity contribution in [2.75, 3.05) is 13.1 Å². The van der Waals surface area contributed by atoms with E-state index in [2.05, 4.69) is 10.4 Å². The molecule has 1 saturated heterocycles. The predicted molar refractivity (Wildman–Crippen MR) is 134 cm³/mol. The van der Waals surface area contributed by atoms with E-state index in [1.165, 1.54) is 28.9 Å². The van der Waals surface area contributed by atoms with Gasteiger partial charge >= 0.3 is 12.1 Å². The lowest BCUT2D eigenvalue weighted by Gasteiger charge is -2.37. The average molecular weight is 557 g/mol. The van der Waals surface area contributed by atoms with E-state index in [1.54, 1.807) is 11.8 Å². The molecule has 1 aromatic heterocycles. The quantitative estimate of drug-likeness (QED) is 0.383. The van der Waals surface area contributed by atoms with Crippen LogP contribution < -0.4 is 5.32 Å². The molecule has 0 unspecified atom stereocenters. The van der Waals surface area contributed by atoms with Gasteiger partial charge in [-0.2, -0.15) is 18.3 Å². The van der Waals surface area contributed by atoms with Crippen molar-refractivity contribution in [1.82, 2.24) is 20.0 Å². The Hall–Kier alpha value is -3.02. The first-order chi connectivity index (χ1) is 18.3. The van der Waals surface area contributed by atoms with Gasteiger partial charge in [-0.15, -0.1) is 0 Å². The lowest BCUT2D eigenvalue weighted by molar-refractivity contribution is -0.138. The standard InChI is InChI=1S/C27H33F5N4O3/c1-17(35-12-6-11-26(28,29)16-35)13-18(14-24(37)38)33-25(39)22-15-23(36(34-22)19-7-2-3-8-19)20-9-4-5-10-21(20)27(30,31)32/h4-5,9-10,15,17-19H,2-3,6-8,11-14,16H2,1H3,(H,33,39)(H,37,38)/t17-,18+/m1/s1. The number of carboxylic acid groups (broad SMARTS) is 1. The molecular weight excluding hydrogens is 523 g/mol. The number of rotatable bonds is 9. The first-order valence-electron chi connectivity index (χ1n) is 13.2. The summed E-state index contributed by atoms with van der Waals surface area (Å²) < 4.78 is 70.7. The second-order valence-electron chi connectivity index (χ2n) is 10.6. The van der Waals surface area contributed by atoms with Crippen molar-refractivity contribution in [1.29, 1.82) is 0 Å². The number of nitrogens with one attached hydrogen (secondary N) is 1. The fraction of sp³-hybridized carbons (Fsp3) is 0.593. The van der Waals surface area contributed by atoms with Gasteiger partial charge in [-0.1, -0.05) is 31.0 Å². The molecule has 1 saturated carbocycles. The van der Waals surface area contributed by atoms with Gasteiger partial charge in [0.25, 0.3) is 11.8 Å². The number of aliphatic carboxylic acids is 1. The molecule has 214 valence electrons. The summed E-state index contributed by atoms with van der Waals surface area (Å²) in [5, 5.41) is 16.5. The maximum absolute atomic E-state index is 13.9. The first-order valence-corrected chi connectivity index (χ1v) is 13.2. The molecule has 2 atom stereocenters. The molecule has 0 radical (unpaired) electrons. The highest BCUT2D eigenvalue weighted by Crippen LogP contribution is 2.40. The number of carbonyl (C=O) groups is 2. The van der Waals surface area contributed by atoms with Crippen molar-refractivity contribution < 1.29 is 36.6 Å². The maximum atomic E-state index is 13.9. The van der Waals surface area contributed by atoms with Gasteiger partial charge < -0.3 is 10.4 Å². The minimum absolute atomic E-state index is 0.0924. The molecule has 1 aliphatic carbocycles. The number of amides is 1. The van der Waals surface area contributed by atoms with E-state index in [4.69, 9.17) is 0 Å². The van der Waals surface area contributed by atoms with Crippen LogP contribution in [0.4, 0.5) is 22.0 Å². The van der Waals surface area contributed by atoms with Crippen LogP contribution in [0.25, 0.3) is 11.3 Å². The van der Waals surface area contributed by atoms with Crippen LogP contribution in [0, 0.1) is 0 Å². The Morgan fingerprint density at radius 1 is 1.18 bits per heavy atom. The molecule has 2 fully saturated rings. The first kappa shape index (κ1) is 29.0. The highest BCUT2D eigenvalue weighted by atomic mass is 19.4. The molecule has 7 nitrogen and oxygen atoms in total. The largest absolute Gasteiger partial charge is 0.481 e. The van der Waals surface area contributed by atoms with Gasteiger partial charge in [-0.3, -0.25) is 19.2 Å². The Balaban J connectivity index is 1.59. The molecule has 1 aliphatic heterocycles. The summed E-state index contributed by atoms with van der Waals surface area (Å²) in [6.07, 6.45) is -1.62. The zero-order valence-electron chi connectivity index (χ0n) is 21.7. The molecule has 0 bridgehead atoms. The third kappa shape index (κ3) is 7.14. The van der Waals surface area contributed by atoms with Crippen LogP contribution >= 0.6 is 0 Å². The van der Waals surface area contributed by atoms with E-state index in [-0.39, 0.29) is 35.8 Å². The van der Waals surface area contributed by atoms with Crippen molar-refractivity contribution in [2.24, 2.45) is 0 Å². The van der Waals surface area contributed by atoms with Crippen LogP contribution in [-0.4, -0.2) is 62.8 Å². The van der Waals surface area contributed by atoms with E-state index in [1.807, 2.05) is 0 Å². The van der Waals surface area contributed by atoms with Gasteiger partial charge in [0.1, 0.15) is 0 Å². The zero-order valence-corrected chi connectivity index (χ0v) is 21.7. The second kappa shape index (κ2) is 11.6. The fourth-order valence-corrected chi connectivity index (χ4v) is 5.68. The minimum atomic E-state index is -4.61. The van der Waals surface area contributed by atoms with E-state index in [0.717, 1.165) is 18.9 Å². The number of benzene rings is 1. The number of carboxylic acids is 1. The molecule has 12 heteroatoms. The highest BCUT2D eigenvalue weighted by molar-refractivity contribution is 5.94. The Bertz CT molecular complexity index is 1180. The number of carbonyl (C=O) groups excluding carboxylic acids is 1. The summed E-state index contributed by atoms with van der Waals surface area (Å²) in [5.74, 6) is -4.72. The molecule has 1 aromatic carbocycles. The molecule has 2 heterocycles. The molecule has 2 aliphatic rings. The molecule has 2 N–H and O–H groups in total. The Kier molecular flexibility index (Phi) is 8.63. The van der Waals surface area contributed by atoms with Crippen LogP contribution in [0.3, 0.4) is 0 Å². The lowest BCUT2D eigenvalue weighted by atomic mass is 9.99. The number of halogens is 5. The van der Waals surface area contributed by atoms with Gasteiger partial charge in [0, 0.05) is 24.1 Å². The van der Waals surface area contributed by atoms with Crippen LogP contribution in [0.1, 0.15) is 80.4 Å². The second-order valence-corrected chi connectivity index (χ2v) is 10.6. The number of nitrogens with zero attached hydrogens (tertiary/aromatic N) is 3. The summed E-state index contributed by atoms with van der Waals surface area (Å²) in [6, 6.07) is 4.94. The minimum Gasteiger partial charge on any atom is -0.481 e. The maximum Gasteiger partial charge on any atom is 0.417 e. The Morgan fingerprint density at radius 3 is 2.51 bits per heavy atom. The Morgan fingerprint density at radius 2 is 1.87 bits per heavy atom. The summed E-state index contributed by atoms with van der Waals surface area (Å²) in [4.78, 5) is 26.4. The Labute approximate surface area is 223 Å². The van der Waals surface area contributed by atoms with Crippen LogP contribution in [-0.2, 0) is 11.0 Å². The van der Waals surface area contributed by atoms with Gasteiger partial charge in [0.15, 0.2) is 5.69 Å². The topological polar surface area (TPSA) is 87.5 Å². The average Bonchev–Trinajstić information content (AvgIpc) is 3.52. The van der Waals surface area contributed by atoms with Crippen LogP contribution in [0.15, 0.2) is 30.3 Å². The molecule has 39 heavy (non-hydrogen) atoms. The van der Waals surface area contributed by atoms with Crippen molar-refractivity contribution in [3.05, 3.63) is 41.6 Å². The highest BCUT2D eigenvalue weighted by Gasteiger charge is 2.38. The van der Waals surface area contributed by atoms with Crippen LogP contribution in [0.5, 0.6) is 0 Å². The van der Waals surface area contributed by atoms with E-state index in [9.17, 15) is 36.6 Å². The molecular formula is C27H33F5N4O3. The predicted octanol–water partition coefficient (Wildman–Crippen LogP) is 5.77. The zero-order chi connectivity index (χ0) is 28.4. The lowest BCUT2D eigenvalue weighted by Crippen LogP contribution is -2.49. The third-order valence-corrected chi connectivity index (χ3v) is 7.57. The van der Waals surface area contributed by atoms with E-state index in [0.29, 0.717) is 25.8 Å². The van der Waals surface area contributed by atoms with Gasteiger partial charge in [0.05, 0.1) is 30.3 Å². The number of alkyl halides is 5. The summed E-state index contributed by atoms with van der Waals surface area (Å²) in [6.45, 7) is 1.72. The third-order valence-electron chi connectivity index (χ3n) is 7.57. The summed E-state index contributed by atoms with van der Waals surface area (Å²) >= 11 is 0. The summed E-state index contributed by atoms with van der Waals surface area (Å²) in [5.41, 5.74) is -0.891. The summed E-state index contributed by atoms with van der Waals surface area (Å²) in [7, 11) is 0. The van der Waals surface area contributed by atoms with Crippen molar-refractivity contribution in [2.45, 2.75) is 88.5 Å². The number of piperidine rings is 1. The van der Waals surface area contributed by atoms with Gasteiger partial charge in [-0.25, -0.2) is 8.78 Å². The van der Waals surface area contributed by atoms with Crippen LogP contribution in [0.2, 0.25) is 0 Å². The molecule has 1 amide bonds. The normalized spacial score (nSPS) is 20.1. The number of hydrogen-bond donors (Lipinski definition) is 2.